The van der Waals surface area contributed by atoms with Gasteiger partial charge in [0, 0.05) is 24.8 Å². The van der Waals surface area contributed by atoms with Crippen LogP contribution in [0.5, 0.6) is 0 Å². The lowest BCUT2D eigenvalue weighted by molar-refractivity contribution is 0.194. The van der Waals surface area contributed by atoms with Crippen molar-refractivity contribution < 1.29 is 4.74 Å². The number of ether oxygens (including phenoxy) is 1. The molecule has 6 rings (SSSR count). The van der Waals surface area contributed by atoms with Crippen LogP contribution in [0.15, 0.2) is 53.5 Å². The summed E-state index contributed by atoms with van der Waals surface area (Å²) in [6.45, 7) is 7.04. The summed E-state index contributed by atoms with van der Waals surface area (Å²) in [6, 6.07) is 20.4. The lowest BCUT2D eigenvalue weighted by Gasteiger charge is -2.20. The molecule has 3 aromatic rings. The Morgan fingerprint density at radius 3 is 2.70 bits per heavy atom. The maximum atomic E-state index is 9.42. The second-order valence-corrected chi connectivity index (χ2v) is 10.3. The van der Waals surface area contributed by atoms with Gasteiger partial charge in [0.05, 0.1) is 18.2 Å². The highest BCUT2D eigenvalue weighted by Gasteiger charge is 2.40. The monoisotopic (exact) mass is 434 g/mol. The molecule has 3 aliphatic rings. The number of hydrogen-bond donors (Lipinski definition) is 0. The summed E-state index contributed by atoms with van der Waals surface area (Å²) >= 11 is 0. The maximum Gasteiger partial charge on any atom is 0.0991 e. The summed E-state index contributed by atoms with van der Waals surface area (Å²) < 4.78 is 5.73. The third-order valence-corrected chi connectivity index (χ3v) is 7.77. The number of aliphatic imine (C=N–C) groups is 1. The van der Waals surface area contributed by atoms with Gasteiger partial charge in [-0.1, -0.05) is 44.2 Å². The molecule has 2 aliphatic heterocycles. The van der Waals surface area contributed by atoms with Crippen LogP contribution in [0.25, 0.3) is 10.8 Å². The lowest BCUT2D eigenvalue weighted by Crippen LogP contribution is -2.18. The van der Waals surface area contributed by atoms with Crippen molar-refractivity contribution in [2.45, 2.75) is 50.9 Å². The van der Waals surface area contributed by atoms with E-state index in [1.165, 1.54) is 50.7 Å². The summed E-state index contributed by atoms with van der Waals surface area (Å²) in [5.74, 6) is 2.03. The van der Waals surface area contributed by atoms with Crippen molar-refractivity contribution in [2.75, 3.05) is 19.8 Å². The van der Waals surface area contributed by atoms with E-state index in [0.717, 1.165) is 38.2 Å². The van der Waals surface area contributed by atoms with Crippen LogP contribution in [-0.2, 0) is 11.2 Å². The molecule has 3 heteroatoms. The van der Waals surface area contributed by atoms with Gasteiger partial charge in [0.15, 0.2) is 0 Å². The first kappa shape index (κ1) is 20.6. The minimum Gasteiger partial charge on any atom is -0.381 e. The number of nitrogens with zero attached hydrogens (tertiary/aromatic N) is 2. The lowest BCUT2D eigenvalue weighted by atomic mass is 9.87. The summed E-state index contributed by atoms with van der Waals surface area (Å²) in [7, 11) is 0. The standard InChI is InChI=1S/C30H30N2O/c1-18(2)30-29-13-22(6-5-20(29)7-9-32-30)27-15-28(27)24-12-21-4-3-19(16-31)11-25(21)26(14-24)23-8-10-33-17-23/h3-6,11-14,18,23,27-28H,7-10,15,17H2,1-2H3. The largest absolute Gasteiger partial charge is 0.381 e. The summed E-state index contributed by atoms with van der Waals surface area (Å²) in [5.41, 5.74) is 9.11. The third kappa shape index (κ3) is 3.67. The van der Waals surface area contributed by atoms with E-state index >= 15 is 0 Å². The molecule has 3 nitrogen and oxygen atoms in total. The predicted octanol–water partition coefficient (Wildman–Crippen LogP) is 6.49. The smallest absolute Gasteiger partial charge is 0.0991 e. The van der Waals surface area contributed by atoms with Crippen LogP contribution in [0.4, 0.5) is 0 Å². The van der Waals surface area contributed by atoms with E-state index in [1.807, 2.05) is 6.07 Å². The van der Waals surface area contributed by atoms with Gasteiger partial charge in [0.1, 0.15) is 0 Å². The molecule has 166 valence electrons. The molecular formula is C30H30N2O. The number of nitriles is 1. The molecule has 2 heterocycles. The first-order valence-electron chi connectivity index (χ1n) is 12.4. The Bertz CT molecular complexity index is 1310. The zero-order chi connectivity index (χ0) is 22.5. The Morgan fingerprint density at radius 1 is 1.03 bits per heavy atom. The van der Waals surface area contributed by atoms with Gasteiger partial charge in [-0.3, -0.25) is 4.99 Å². The van der Waals surface area contributed by atoms with Crippen molar-refractivity contribution in [3.8, 4) is 6.07 Å². The van der Waals surface area contributed by atoms with Gasteiger partial charge in [-0.2, -0.15) is 5.26 Å². The van der Waals surface area contributed by atoms with Gasteiger partial charge >= 0.3 is 0 Å². The molecule has 3 atom stereocenters. The Morgan fingerprint density at radius 2 is 1.91 bits per heavy atom. The van der Waals surface area contributed by atoms with Gasteiger partial charge < -0.3 is 4.74 Å². The summed E-state index contributed by atoms with van der Waals surface area (Å²) in [5, 5.41) is 11.9. The van der Waals surface area contributed by atoms with Crippen molar-refractivity contribution in [2.24, 2.45) is 10.9 Å². The number of benzene rings is 3. The minimum absolute atomic E-state index is 0.423. The van der Waals surface area contributed by atoms with Crippen LogP contribution in [0, 0.1) is 17.2 Å². The first-order chi connectivity index (χ1) is 16.1. The number of hydrogen-bond acceptors (Lipinski definition) is 3. The quantitative estimate of drug-likeness (QED) is 0.471. The summed E-state index contributed by atoms with van der Waals surface area (Å²) in [6.07, 6.45) is 3.32. The van der Waals surface area contributed by atoms with Crippen molar-refractivity contribution in [3.63, 3.8) is 0 Å². The van der Waals surface area contributed by atoms with Gasteiger partial charge in [0.25, 0.3) is 0 Å². The molecule has 0 radical (unpaired) electrons. The molecule has 0 N–H and O–H groups in total. The zero-order valence-electron chi connectivity index (χ0n) is 19.5. The Balaban J connectivity index is 1.36. The molecule has 0 bridgehead atoms. The SMILES string of the molecule is CC(C)C1=NCCc2ccc(C3CC3c3cc(C4CCOC4)c4cc(C#N)ccc4c3)cc21. The fourth-order valence-corrected chi connectivity index (χ4v) is 5.90. The molecule has 2 fully saturated rings. The Labute approximate surface area is 196 Å². The topological polar surface area (TPSA) is 45.4 Å². The third-order valence-electron chi connectivity index (χ3n) is 7.77. The minimum atomic E-state index is 0.423. The Kier molecular flexibility index (Phi) is 5.07. The first-order valence-corrected chi connectivity index (χ1v) is 12.4. The van der Waals surface area contributed by atoms with Crippen molar-refractivity contribution in [3.05, 3.63) is 81.9 Å². The maximum absolute atomic E-state index is 9.42. The molecule has 33 heavy (non-hydrogen) atoms. The molecule has 1 aliphatic carbocycles. The van der Waals surface area contributed by atoms with E-state index in [-0.39, 0.29) is 0 Å². The second-order valence-electron chi connectivity index (χ2n) is 10.3. The van der Waals surface area contributed by atoms with Gasteiger partial charge in [-0.15, -0.1) is 0 Å². The zero-order valence-corrected chi connectivity index (χ0v) is 19.5. The van der Waals surface area contributed by atoms with Crippen LogP contribution in [-0.4, -0.2) is 25.5 Å². The van der Waals surface area contributed by atoms with E-state index in [9.17, 15) is 5.26 Å². The van der Waals surface area contributed by atoms with Gasteiger partial charge in [0.2, 0.25) is 0 Å². The van der Waals surface area contributed by atoms with Gasteiger partial charge in [-0.25, -0.2) is 0 Å². The van der Waals surface area contributed by atoms with Crippen LogP contribution in [0.2, 0.25) is 0 Å². The molecular weight excluding hydrogens is 404 g/mol. The summed E-state index contributed by atoms with van der Waals surface area (Å²) in [4.78, 5) is 4.85. The van der Waals surface area contributed by atoms with E-state index in [2.05, 4.69) is 62.4 Å². The second kappa shape index (κ2) is 8.12. The Hall–Kier alpha value is -2.96. The van der Waals surface area contributed by atoms with Crippen LogP contribution in [0.3, 0.4) is 0 Å². The van der Waals surface area contributed by atoms with E-state index in [1.54, 1.807) is 0 Å². The highest BCUT2D eigenvalue weighted by molar-refractivity contribution is 6.04. The fraction of sp³-hybridized carbons (Fsp3) is 0.400. The molecule has 1 saturated carbocycles. The van der Waals surface area contributed by atoms with E-state index in [4.69, 9.17) is 9.73 Å². The predicted molar refractivity (Wildman–Crippen MR) is 133 cm³/mol. The molecule has 0 spiro atoms. The van der Waals surface area contributed by atoms with Crippen LogP contribution in [0.1, 0.15) is 77.8 Å². The highest BCUT2D eigenvalue weighted by Crippen LogP contribution is 2.56. The number of fused-ring (bicyclic) bond motifs is 2. The average Bonchev–Trinajstić information content (AvgIpc) is 3.46. The van der Waals surface area contributed by atoms with Crippen molar-refractivity contribution in [1.29, 1.82) is 5.26 Å². The van der Waals surface area contributed by atoms with E-state index in [0.29, 0.717) is 23.7 Å². The van der Waals surface area contributed by atoms with Crippen molar-refractivity contribution >= 4 is 16.5 Å². The van der Waals surface area contributed by atoms with Crippen LogP contribution < -0.4 is 0 Å². The fourth-order valence-electron chi connectivity index (χ4n) is 5.90. The van der Waals surface area contributed by atoms with Crippen molar-refractivity contribution in [1.82, 2.24) is 0 Å². The van der Waals surface area contributed by atoms with E-state index < -0.39 is 0 Å². The molecule has 3 unspecified atom stereocenters. The molecule has 0 amide bonds. The van der Waals surface area contributed by atoms with Crippen LogP contribution >= 0.6 is 0 Å². The average molecular weight is 435 g/mol. The number of rotatable bonds is 4. The highest BCUT2D eigenvalue weighted by atomic mass is 16.5. The molecule has 1 saturated heterocycles. The van der Waals surface area contributed by atoms with Gasteiger partial charge in [-0.05, 0) is 93.8 Å². The normalized spacial score (nSPS) is 23.9. The molecule has 0 aromatic heterocycles. The molecule has 3 aromatic carbocycles.